The van der Waals surface area contributed by atoms with Crippen LogP contribution in [0.4, 0.5) is 0 Å². The largest absolute Gasteiger partial charge is 0.481 e. The topological polar surface area (TPSA) is 37.3 Å². The van der Waals surface area contributed by atoms with Gasteiger partial charge in [-0.2, -0.15) is 0 Å². The summed E-state index contributed by atoms with van der Waals surface area (Å²) in [6.07, 6.45) is 23.4. The fourth-order valence-electron chi connectivity index (χ4n) is 1.90. The first kappa shape index (κ1) is 22.8. The predicted molar refractivity (Wildman–Crippen MR) is 92.7 cm³/mol. The SMILES string of the molecule is CC/C=C\C/C=C\C/C=C\CCCCCCCC(=O)O.[Bi]. The van der Waals surface area contributed by atoms with Crippen molar-refractivity contribution < 1.29 is 9.90 Å². The van der Waals surface area contributed by atoms with Crippen molar-refractivity contribution in [2.45, 2.75) is 71.1 Å². The molecule has 0 rings (SSSR count). The Balaban J connectivity index is 0. The number of carboxylic acids is 1. The molecule has 0 heterocycles. The molecule has 3 radical (unpaired) electrons. The smallest absolute Gasteiger partial charge is 0.303 e. The van der Waals surface area contributed by atoms with Crippen molar-refractivity contribution in [1.29, 1.82) is 0 Å². The van der Waals surface area contributed by atoms with E-state index in [4.69, 9.17) is 5.11 Å². The van der Waals surface area contributed by atoms with E-state index in [1.165, 1.54) is 12.8 Å². The van der Waals surface area contributed by atoms with Gasteiger partial charge in [0.1, 0.15) is 0 Å². The average molecular weight is 487 g/mol. The molecule has 0 atom stereocenters. The zero-order chi connectivity index (χ0) is 14.9. The van der Waals surface area contributed by atoms with Crippen molar-refractivity contribution in [2.75, 3.05) is 0 Å². The van der Waals surface area contributed by atoms with Gasteiger partial charge in [0, 0.05) is 32.6 Å². The van der Waals surface area contributed by atoms with Gasteiger partial charge in [-0.05, 0) is 38.5 Å². The van der Waals surface area contributed by atoms with Crippen LogP contribution in [-0.2, 0) is 4.79 Å². The first-order chi connectivity index (χ1) is 9.77. The number of carboxylic acid groups (broad SMARTS) is 1. The third kappa shape index (κ3) is 22.0. The number of allylic oxidation sites excluding steroid dienone is 6. The van der Waals surface area contributed by atoms with Crippen LogP contribution < -0.4 is 0 Å². The van der Waals surface area contributed by atoms with Crippen LogP contribution in [0, 0.1) is 0 Å². The minimum Gasteiger partial charge on any atom is -0.481 e. The average Bonchev–Trinajstić information content (AvgIpc) is 2.43. The van der Waals surface area contributed by atoms with E-state index < -0.39 is 5.97 Å². The summed E-state index contributed by atoms with van der Waals surface area (Å²) in [4.78, 5) is 10.3. The van der Waals surface area contributed by atoms with Gasteiger partial charge >= 0.3 is 5.97 Å². The first-order valence-corrected chi connectivity index (χ1v) is 7.94. The number of unbranched alkanes of at least 4 members (excludes halogenated alkanes) is 5. The summed E-state index contributed by atoms with van der Waals surface area (Å²) in [6, 6.07) is 0. The van der Waals surface area contributed by atoms with Crippen molar-refractivity contribution >= 4 is 32.2 Å². The van der Waals surface area contributed by atoms with E-state index >= 15 is 0 Å². The van der Waals surface area contributed by atoms with E-state index in [-0.39, 0.29) is 26.2 Å². The Kier molecular flexibility index (Phi) is 21.3. The minimum atomic E-state index is -0.675. The zero-order valence-corrected chi connectivity index (χ0v) is 16.8. The quantitative estimate of drug-likeness (QED) is 0.218. The molecule has 0 amide bonds. The molecule has 1 N–H and O–H groups in total. The van der Waals surface area contributed by atoms with Gasteiger partial charge in [-0.25, -0.2) is 0 Å². The van der Waals surface area contributed by atoms with E-state index in [0.717, 1.165) is 44.9 Å². The second kappa shape index (κ2) is 19.6. The number of hydrogen-bond acceptors (Lipinski definition) is 1. The van der Waals surface area contributed by atoms with Crippen molar-refractivity contribution in [1.82, 2.24) is 0 Å². The molecule has 0 aliphatic rings. The number of carbonyl (C=O) groups is 1. The molecule has 0 aliphatic heterocycles. The molecule has 0 saturated heterocycles. The molecule has 0 bridgehead atoms. The fourth-order valence-corrected chi connectivity index (χ4v) is 1.90. The van der Waals surface area contributed by atoms with Gasteiger partial charge in [-0.3, -0.25) is 4.79 Å². The maximum Gasteiger partial charge on any atom is 0.303 e. The van der Waals surface area contributed by atoms with Gasteiger partial charge in [-0.15, -0.1) is 0 Å². The van der Waals surface area contributed by atoms with E-state index in [9.17, 15) is 4.79 Å². The van der Waals surface area contributed by atoms with Crippen LogP contribution >= 0.6 is 0 Å². The van der Waals surface area contributed by atoms with Gasteiger partial charge in [0.15, 0.2) is 0 Å². The van der Waals surface area contributed by atoms with E-state index in [1.807, 2.05) is 0 Å². The van der Waals surface area contributed by atoms with Crippen LogP contribution in [-0.4, -0.2) is 37.3 Å². The zero-order valence-electron chi connectivity index (χ0n) is 13.3. The van der Waals surface area contributed by atoms with E-state index in [2.05, 4.69) is 43.4 Å². The molecule has 21 heavy (non-hydrogen) atoms. The van der Waals surface area contributed by atoms with Gasteiger partial charge in [0.25, 0.3) is 0 Å². The summed E-state index contributed by atoms with van der Waals surface area (Å²) in [5.74, 6) is -0.675. The Hall–Kier alpha value is -0.427. The van der Waals surface area contributed by atoms with Gasteiger partial charge in [-0.1, -0.05) is 62.6 Å². The van der Waals surface area contributed by atoms with Crippen molar-refractivity contribution in [3.05, 3.63) is 36.5 Å². The summed E-state index contributed by atoms with van der Waals surface area (Å²) < 4.78 is 0. The van der Waals surface area contributed by atoms with E-state index in [0.29, 0.717) is 6.42 Å². The molecular formula is C18H30BiO2. The minimum absolute atomic E-state index is 0. The molecule has 2 nitrogen and oxygen atoms in total. The van der Waals surface area contributed by atoms with Crippen molar-refractivity contribution in [3.8, 4) is 0 Å². The third-order valence-electron chi connectivity index (χ3n) is 3.04. The van der Waals surface area contributed by atoms with Gasteiger partial charge in [0.2, 0.25) is 0 Å². The molecule has 3 heteroatoms. The second-order valence-corrected chi connectivity index (χ2v) is 4.99. The molecule has 0 fully saturated rings. The van der Waals surface area contributed by atoms with Crippen LogP contribution in [0.15, 0.2) is 36.5 Å². The van der Waals surface area contributed by atoms with Crippen molar-refractivity contribution in [3.63, 3.8) is 0 Å². The number of rotatable bonds is 13. The van der Waals surface area contributed by atoms with Crippen LogP contribution in [0.5, 0.6) is 0 Å². The van der Waals surface area contributed by atoms with Crippen LogP contribution in [0.2, 0.25) is 0 Å². The molecule has 0 aromatic rings. The maximum atomic E-state index is 10.3. The van der Waals surface area contributed by atoms with E-state index in [1.54, 1.807) is 0 Å². The molecule has 0 saturated carbocycles. The normalized spacial score (nSPS) is 11.5. The standard InChI is InChI=1S/C18H30O2.Bi/c1-2-3-4-5-6-7-8-9-10-11-12-13-14-15-16-17-18(19)20;/h3-4,6-7,9-10H,2,5,8,11-17H2,1H3,(H,19,20);/b4-3-,7-6-,10-9-;. The Bertz CT molecular complexity index is 306. The third-order valence-corrected chi connectivity index (χ3v) is 3.04. The summed E-state index contributed by atoms with van der Waals surface area (Å²) >= 11 is 0. The molecule has 0 spiro atoms. The van der Waals surface area contributed by atoms with Crippen LogP contribution in [0.3, 0.4) is 0 Å². The van der Waals surface area contributed by atoms with Gasteiger partial charge in [0.05, 0.1) is 0 Å². The Labute approximate surface area is 149 Å². The molecule has 0 aliphatic carbocycles. The summed E-state index contributed by atoms with van der Waals surface area (Å²) in [5, 5.41) is 8.50. The molecule has 0 unspecified atom stereocenters. The number of aliphatic carboxylic acids is 1. The Morgan fingerprint density at radius 2 is 1.33 bits per heavy atom. The Morgan fingerprint density at radius 1 is 0.810 bits per heavy atom. The molecule has 0 aromatic heterocycles. The molecule has 0 aromatic carbocycles. The summed E-state index contributed by atoms with van der Waals surface area (Å²) in [5.41, 5.74) is 0. The predicted octanol–water partition coefficient (Wildman–Crippen LogP) is 5.28. The second-order valence-electron chi connectivity index (χ2n) is 4.99. The van der Waals surface area contributed by atoms with Crippen LogP contribution in [0.1, 0.15) is 71.1 Å². The van der Waals surface area contributed by atoms with Gasteiger partial charge < -0.3 is 5.11 Å². The van der Waals surface area contributed by atoms with Crippen LogP contribution in [0.25, 0.3) is 0 Å². The summed E-state index contributed by atoms with van der Waals surface area (Å²) in [7, 11) is 0. The molecule has 119 valence electrons. The fraction of sp³-hybridized carbons (Fsp3) is 0.611. The molecular weight excluding hydrogens is 457 g/mol. The first-order valence-electron chi connectivity index (χ1n) is 7.94. The van der Waals surface area contributed by atoms with Crippen molar-refractivity contribution in [2.24, 2.45) is 0 Å². The summed E-state index contributed by atoms with van der Waals surface area (Å²) in [6.45, 7) is 2.15. The maximum absolute atomic E-state index is 10.3. The Morgan fingerprint density at radius 3 is 1.95 bits per heavy atom. The monoisotopic (exact) mass is 487 g/mol. The number of hydrogen-bond donors (Lipinski definition) is 1.